The first-order valence-electron chi connectivity index (χ1n) is 10.6. The average Bonchev–Trinajstić information content (AvgIpc) is 3.25. The van der Waals surface area contributed by atoms with Crippen molar-refractivity contribution >= 4 is 19.0 Å². The van der Waals surface area contributed by atoms with Crippen LogP contribution in [0.5, 0.6) is 0 Å². The molecule has 0 spiro atoms. The van der Waals surface area contributed by atoms with Gasteiger partial charge in [0.25, 0.3) is 0 Å². The topological polar surface area (TPSA) is 30.7 Å². The van der Waals surface area contributed by atoms with Crippen LogP contribution in [0.25, 0.3) is 22.2 Å². The van der Waals surface area contributed by atoms with E-state index < -0.39 is 8.07 Å². The van der Waals surface area contributed by atoms with Crippen molar-refractivity contribution < 1.29 is 4.39 Å². The second kappa shape index (κ2) is 8.91. The van der Waals surface area contributed by atoms with Crippen LogP contribution in [0.15, 0.2) is 90.8 Å². The highest BCUT2D eigenvalue weighted by atomic mass is 28.3. The van der Waals surface area contributed by atoms with Gasteiger partial charge in [0.05, 0.1) is 11.5 Å². The number of rotatable bonds is 5. The van der Waals surface area contributed by atoms with Crippen LogP contribution in [-0.2, 0) is 0 Å². The molecule has 1 aromatic heterocycles. The van der Waals surface area contributed by atoms with Crippen LogP contribution in [0.4, 0.5) is 4.39 Å². The lowest BCUT2D eigenvalue weighted by atomic mass is 9.98. The fraction of sp³-hybridized carbons (Fsp3) is 0.148. The van der Waals surface area contributed by atoms with Gasteiger partial charge in [-0.3, -0.25) is 0 Å². The van der Waals surface area contributed by atoms with Gasteiger partial charge in [-0.25, -0.2) is 4.39 Å². The molecule has 0 aliphatic rings. The smallest absolute Gasteiger partial charge is 0.123 e. The molecule has 4 aromatic rings. The SMILES string of the molecule is Cc1ccc(C(=C=C(n2ncc(-c3ccc(F)cc3)n2)[Si](C)(C)C)c2ccccc2)cc1. The van der Waals surface area contributed by atoms with Crippen LogP contribution in [0.3, 0.4) is 0 Å². The zero-order valence-corrected chi connectivity index (χ0v) is 19.8. The van der Waals surface area contributed by atoms with Gasteiger partial charge in [-0.1, -0.05) is 85.5 Å². The maximum atomic E-state index is 13.3. The monoisotopic (exact) mass is 439 g/mol. The first-order valence-corrected chi connectivity index (χ1v) is 14.1. The Kier molecular flexibility index (Phi) is 6.04. The standard InChI is InChI=1S/C27H26FN3Si/c1-20-10-12-22(13-11-20)25(21-8-6-5-7-9-21)18-27(32(2,3)4)31-29-19-26(30-31)23-14-16-24(28)17-15-23/h5-17,19H,1-4H3. The summed E-state index contributed by atoms with van der Waals surface area (Å²) in [5, 5.41) is 10.3. The van der Waals surface area contributed by atoms with Crippen molar-refractivity contribution in [1.29, 1.82) is 0 Å². The number of hydrogen-bond acceptors (Lipinski definition) is 2. The maximum absolute atomic E-state index is 13.3. The van der Waals surface area contributed by atoms with Crippen molar-refractivity contribution in [3.63, 3.8) is 0 Å². The normalized spacial score (nSPS) is 11.2. The molecule has 3 aromatic carbocycles. The lowest BCUT2D eigenvalue weighted by Crippen LogP contribution is -2.27. The van der Waals surface area contributed by atoms with Crippen molar-refractivity contribution in [3.8, 4) is 11.3 Å². The van der Waals surface area contributed by atoms with Crippen molar-refractivity contribution in [1.82, 2.24) is 15.0 Å². The minimum atomic E-state index is -1.90. The molecule has 0 saturated carbocycles. The number of benzene rings is 3. The summed E-state index contributed by atoms with van der Waals surface area (Å²) in [7, 11) is -1.90. The summed E-state index contributed by atoms with van der Waals surface area (Å²) < 4.78 is 13.3. The van der Waals surface area contributed by atoms with Gasteiger partial charge in [-0.15, -0.1) is 5.10 Å². The van der Waals surface area contributed by atoms with Gasteiger partial charge in [0, 0.05) is 11.1 Å². The third-order valence-corrected chi connectivity index (χ3v) is 6.93. The Labute approximate surface area is 189 Å². The third-order valence-electron chi connectivity index (χ3n) is 5.19. The highest BCUT2D eigenvalue weighted by Gasteiger charge is 2.24. The maximum Gasteiger partial charge on any atom is 0.123 e. The van der Waals surface area contributed by atoms with Gasteiger partial charge in [-0.2, -0.15) is 9.90 Å². The lowest BCUT2D eigenvalue weighted by Gasteiger charge is -2.18. The zero-order chi connectivity index (χ0) is 22.7. The Hall–Kier alpha value is -3.53. The van der Waals surface area contributed by atoms with E-state index in [2.05, 4.69) is 73.8 Å². The largest absolute Gasteiger partial charge is 0.207 e. The van der Waals surface area contributed by atoms with E-state index in [4.69, 9.17) is 5.10 Å². The Morgan fingerprint density at radius 1 is 0.844 bits per heavy atom. The molecule has 0 atom stereocenters. The summed E-state index contributed by atoms with van der Waals surface area (Å²) >= 11 is 0. The van der Waals surface area contributed by atoms with Crippen LogP contribution in [0.2, 0.25) is 19.6 Å². The number of nitrogens with zero attached hydrogens (tertiary/aromatic N) is 3. The molecule has 0 aliphatic carbocycles. The van der Waals surface area contributed by atoms with E-state index >= 15 is 0 Å². The van der Waals surface area contributed by atoms with E-state index in [1.807, 2.05) is 18.2 Å². The molecule has 32 heavy (non-hydrogen) atoms. The summed E-state index contributed by atoms with van der Waals surface area (Å²) in [6.45, 7) is 8.86. The van der Waals surface area contributed by atoms with E-state index in [0.29, 0.717) is 5.69 Å². The van der Waals surface area contributed by atoms with Crippen LogP contribution in [0, 0.1) is 12.7 Å². The molecule has 160 valence electrons. The molecule has 4 rings (SSSR count). The molecule has 0 bridgehead atoms. The summed E-state index contributed by atoms with van der Waals surface area (Å²) in [5.74, 6) is -0.266. The molecule has 0 unspecified atom stereocenters. The summed E-state index contributed by atoms with van der Waals surface area (Å²) in [4.78, 5) is 1.70. The number of aryl methyl sites for hydroxylation is 1. The second-order valence-corrected chi connectivity index (χ2v) is 13.8. The summed E-state index contributed by atoms with van der Waals surface area (Å²) in [6.07, 6.45) is 1.73. The molecule has 3 nitrogen and oxygen atoms in total. The minimum absolute atomic E-state index is 0.266. The predicted octanol–water partition coefficient (Wildman–Crippen LogP) is 6.84. The van der Waals surface area contributed by atoms with E-state index in [9.17, 15) is 4.39 Å². The molecule has 0 amide bonds. The van der Waals surface area contributed by atoms with Gasteiger partial charge >= 0.3 is 0 Å². The Bertz CT molecular complexity index is 1280. The highest BCUT2D eigenvalue weighted by Crippen LogP contribution is 2.27. The van der Waals surface area contributed by atoms with E-state index in [-0.39, 0.29) is 5.82 Å². The van der Waals surface area contributed by atoms with Crippen molar-refractivity contribution in [2.75, 3.05) is 0 Å². The molecule has 0 saturated heterocycles. The minimum Gasteiger partial charge on any atom is -0.207 e. The first kappa shape index (κ1) is 21.7. The van der Waals surface area contributed by atoms with Crippen molar-refractivity contribution in [2.24, 2.45) is 0 Å². The molecule has 1 heterocycles. The van der Waals surface area contributed by atoms with Gasteiger partial charge < -0.3 is 0 Å². The van der Waals surface area contributed by atoms with Crippen LogP contribution in [0.1, 0.15) is 16.7 Å². The molecular formula is C27H26FN3Si. The molecule has 0 fully saturated rings. The lowest BCUT2D eigenvalue weighted by molar-refractivity contribution is 0.628. The van der Waals surface area contributed by atoms with Crippen LogP contribution < -0.4 is 0 Å². The second-order valence-electron chi connectivity index (χ2n) is 8.86. The third kappa shape index (κ3) is 4.85. The Morgan fingerprint density at radius 3 is 2.09 bits per heavy atom. The zero-order valence-electron chi connectivity index (χ0n) is 18.8. The van der Waals surface area contributed by atoms with Gasteiger partial charge in [0.15, 0.2) is 0 Å². The Balaban J connectivity index is 1.93. The molecule has 0 N–H and O–H groups in total. The van der Waals surface area contributed by atoms with Gasteiger partial charge in [0.1, 0.15) is 19.6 Å². The molecule has 5 heteroatoms. The highest BCUT2D eigenvalue weighted by molar-refractivity contribution is 6.92. The molecule has 0 aliphatic heterocycles. The molecular weight excluding hydrogens is 413 g/mol. The number of aromatic nitrogens is 3. The van der Waals surface area contributed by atoms with Crippen molar-refractivity contribution in [2.45, 2.75) is 26.6 Å². The number of halogens is 1. The fourth-order valence-corrected chi connectivity index (χ4v) is 4.62. The summed E-state index contributed by atoms with van der Waals surface area (Å²) in [6, 6.07) is 25.1. The fourth-order valence-electron chi connectivity index (χ4n) is 3.42. The van der Waals surface area contributed by atoms with Crippen LogP contribution in [-0.4, -0.2) is 23.1 Å². The predicted molar refractivity (Wildman–Crippen MR) is 132 cm³/mol. The van der Waals surface area contributed by atoms with E-state index in [0.717, 1.165) is 27.6 Å². The Morgan fingerprint density at radius 2 is 1.47 bits per heavy atom. The quantitative estimate of drug-likeness (QED) is 0.252. The van der Waals surface area contributed by atoms with E-state index in [1.165, 1.54) is 17.7 Å². The molecule has 0 radical (unpaired) electrons. The first-order chi connectivity index (χ1) is 15.3. The average molecular weight is 440 g/mol. The van der Waals surface area contributed by atoms with Gasteiger partial charge in [0.2, 0.25) is 0 Å². The van der Waals surface area contributed by atoms with Crippen molar-refractivity contribution in [3.05, 3.63) is 113 Å². The van der Waals surface area contributed by atoms with Crippen LogP contribution >= 0.6 is 0 Å². The summed E-state index contributed by atoms with van der Waals surface area (Å²) in [5.41, 5.74) is 9.68. The van der Waals surface area contributed by atoms with Gasteiger partial charge in [-0.05, 0) is 42.3 Å². The number of hydrogen-bond donors (Lipinski definition) is 0. The van der Waals surface area contributed by atoms with E-state index in [1.54, 1.807) is 23.1 Å².